The Morgan fingerprint density at radius 2 is 2.05 bits per heavy atom. The fourth-order valence-corrected chi connectivity index (χ4v) is 1.95. The first-order valence-corrected chi connectivity index (χ1v) is 6.36. The van der Waals surface area contributed by atoms with Crippen molar-refractivity contribution in [3.8, 4) is 5.75 Å². The van der Waals surface area contributed by atoms with Crippen LogP contribution in [-0.2, 0) is 6.61 Å². The fourth-order valence-electron chi connectivity index (χ4n) is 1.71. The molecule has 0 aliphatic heterocycles. The van der Waals surface area contributed by atoms with E-state index in [-0.39, 0.29) is 18.5 Å². The van der Waals surface area contributed by atoms with Crippen molar-refractivity contribution in [1.82, 2.24) is 0 Å². The van der Waals surface area contributed by atoms with Crippen LogP contribution in [0.15, 0.2) is 42.5 Å². The summed E-state index contributed by atoms with van der Waals surface area (Å²) in [6, 6.07) is 11.6. The largest absolute Gasteiger partial charge is 0.487 e. The molecule has 2 N–H and O–H groups in total. The third-order valence-electron chi connectivity index (χ3n) is 2.77. The van der Waals surface area contributed by atoms with Crippen LogP contribution in [0.4, 0.5) is 4.39 Å². The average molecular weight is 280 g/mol. The standard InChI is InChI=1S/C15H15ClFNO/c1-10(18)12-5-6-15(14(16)8-12)19-9-11-3-2-4-13(17)7-11/h2-8,10H,9,18H2,1H3/t10-/m0/s1. The lowest BCUT2D eigenvalue weighted by Gasteiger charge is -2.11. The molecule has 0 heterocycles. The second kappa shape index (κ2) is 6.04. The summed E-state index contributed by atoms with van der Waals surface area (Å²) in [5.74, 6) is 0.287. The molecule has 0 radical (unpaired) electrons. The highest BCUT2D eigenvalue weighted by Crippen LogP contribution is 2.28. The molecule has 1 atom stereocenters. The Bertz CT molecular complexity index is 572. The van der Waals surface area contributed by atoms with Crippen molar-refractivity contribution < 1.29 is 9.13 Å². The molecule has 2 aromatic carbocycles. The Balaban J connectivity index is 2.07. The van der Waals surface area contributed by atoms with Crippen LogP contribution in [0.5, 0.6) is 5.75 Å². The third kappa shape index (κ3) is 3.69. The number of rotatable bonds is 4. The Morgan fingerprint density at radius 1 is 1.26 bits per heavy atom. The molecule has 0 unspecified atom stereocenters. The van der Waals surface area contributed by atoms with Crippen molar-refractivity contribution in [3.63, 3.8) is 0 Å². The molecule has 0 aliphatic carbocycles. The third-order valence-corrected chi connectivity index (χ3v) is 3.06. The van der Waals surface area contributed by atoms with Crippen LogP contribution < -0.4 is 10.5 Å². The van der Waals surface area contributed by atoms with E-state index in [4.69, 9.17) is 22.1 Å². The number of hydrogen-bond acceptors (Lipinski definition) is 2. The first-order chi connectivity index (χ1) is 9.06. The molecule has 2 nitrogen and oxygen atoms in total. The second-order valence-corrected chi connectivity index (χ2v) is 4.80. The maximum atomic E-state index is 13.0. The highest BCUT2D eigenvalue weighted by Gasteiger charge is 2.06. The quantitative estimate of drug-likeness (QED) is 0.915. The summed E-state index contributed by atoms with van der Waals surface area (Å²) in [6.07, 6.45) is 0. The monoisotopic (exact) mass is 279 g/mol. The minimum Gasteiger partial charge on any atom is -0.487 e. The summed E-state index contributed by atoms with van der Waals surface area (Å²) < 4.78 is 18.6. The van der Waals surface area contributed by atoms with Crippen LogP contribution >= 0.6 is 11.6 Å². The predicted octanol–water partition coefficient (Wildman–Crippen LogP) is 4.08. The average Bonchev–Trinajstić information content (AvgIpc) is 2.37. The molecule has 0 bridgehead atoms. The molecule has 2 rings (SSSR count). The minimum atomic E-state index is -0.278. The van der Waals surface area contributed by atoms with Gasteiger partial charge in [0.05, 0.1) is 5.02 Å². The van der Waals surface area contributed by atoms with Crippen molar-refractivity contribution in [2.24, 2.45) is 5.73 Å². The zero-order valence-electron chi connectivity index (χ0n) is 10.6. The SMILES string of the molecule is C[C@H](N)c1ccc(OCc2cccc(F)c2)c(Cl)c1. The smallest absolute Gasteiger partial charge is 0.138 e. The first kappa shape index (κ1) is 13.8. The van der Waals surface area contributed by atoms with Crippen molar-refractivity contribution >= 4 is 11.6 Å². The van der Waals surface area contributed by atoms with Gasteiger partial charge in [-0.2, -0.15) is 0 Å². The molecule has 100 valence electrons. The Morgan fingerprint density at radius 3 is 2.68 bits per heavy atom. The van der Waals surface area contributed by atoms with Crippen molar-refractivity contribution in [2.45, 2.75) is 19.6 Å². The fraction of sp³-hybridized carbons (Fsp3) is 0.200. The van der Waals surface area contributed by atoms with Gasteiger partial charge >= 0.3 is 0 Å². The van der Waals surface area contributed by atoms with E-state index in [9.17, 15) is 4.39 Å². The van der Waals surface area contributed by atoms with E-state index in [1.165, 1.54) is 12.1 Å². The zero-order valence-corrected chi connectivity index (χ0v) is 11.3. The number of ether oxygens (including phenoxy) is 1. The van der Waals surface area contributed by atoms with E-state index >= 15 is 0 Å². The van der Waals surface area contributed by atoms with Gasteiger partial charge in [0.1, 0.15) is 18.2 Å². The van der Waals surface area contributed by atoms with Gasteiger partial charge in [-0.1, -0.05) is 29.8 Å². The molecule has 0 spiro atoms. The normalized spacial score (nSPS) is 12.2. The molecular formula is C15H15ClFNO. The van der Waals surface area contributed by atoms with E-state index in [1.54, 1.807) is 24.3 Å². The van der Waals surface area contributed by atoms with Crippen molar-refractivity contribution in [1.29, 1.82) is 0 Å². The maximum Gasteiger partial charge on any atom is 0.138 e. The van der Waals surface area contributed by atoms with Crippen LogP contribution in [0.2, 0.25) is 5.02 Å². The molecule has 0 fully saturated rings. The van der Waals surface area contributed by atoms with Gasteiger partial charge in [0.15, 0.2) is 0 Å². The molecule has 0 aliphatic rings. The molecule has 4 heteroatoms. The van der Waals surface area contributed by atoms with Gasteiger partial charge in [0.2, 0.25) is 0 Å². The van der Waals surface area contributed by atoms with Gasteiger partial charge in [-0.25, -0.2) is 4.39 Å². The molecule has 2 aromatic rings. The number of benzene rings is 2. The topological polar surface area (TPSA) is 35.2 Å². The van der Waals surface area contributed by atoms with Crippen LogP contribution in [0.25, 0.3) is 0 Å². The molecule has 0 saturated heterocycles. The highest BCUT2D eigenvalue weighted by atomic mass is 35.5. The zero-order chi connectivity index (χ0) is 13.8. The summed E-state index contributed by atoms with van der Waals surface area (Å²) in [6.45, 7) is 2.16. The van der Waals surface area contributed by atoms with Crippen LogP contribution in [0.1, 0.15) is 24.1 Å². The highest BCUT2D eigenvalue weighted by molar-refractivity contribution is 6.32. The lowest BCUT2D eigenvalue weighted by atomic mass is 10.1. The van der Waals surface area contributed by atoms with E-state index in [0.717, 1.165) is 11.1 Å². The van der Waals surface area contributed by atoms with Gasteiger partial charge in [-0.3, -0.25) is 0 Å². The first-order valence-electron chi connectivity index (χ1n) is 5.98. The van der Waals surface area contributed by atoms with E-state index < -0.39 is 0 Å². The summed E-state index contributed by atoms with van der Waals surface area (Å²) in [4.78, 5) is 0. The summed E-state index contributed by atoms with van der Waals surface area (Å²) in [5.41, 5.74) is 7.48. The van der Waals surface area contributed by atoms with Crippen LogP contribution in [0, 0.1) is 5.82 Å². The van der Waals surface area contributed by atoms with E-state index in [2.05, 4.69) is 0 Å². The Labute approximate surface area is 117 Å². The maximum absolute atomic E-state index is 13.0. The lowest BCUT2D eigenvalue weighted by molar-refractivity contribution is 0.305. The number of nitrogens with two attached hydrogens (primary N) is 1. The molecule has 0 saturated carbocycles. The van der Waals surface area contributed by atoms with Crippen LogP contribution in [-0.4, -0.2) is 0 Å². The summed E-state index contributed by atoms with van der Waals surface area (Å²) in [7, 11) is 0. The number of halogens is 2. The Hall–Kier alpha value is -1.58. The van der Waals surface area contributed by atoms with Gasteiger partial charge < -0.3 is 10.5 Å². The van der Waals surface area contributed by atoms with Gasteiger partial charge in [0, 0.05) is 6.04 Å². The number of hydrogen-bond donors (Lipinski definition) is 1. The predicted molar refractivity (Wildman–Crippen MR) is 74.8 cm³/mol. The van der Waals surface area contributed by atoms with E-state index in [1.807, 2.05) is 13.0 Å². The summed E-state index contributed by atoms with van der Waals surface area (Å²) in [5, 5.41) is 0.506. The van der Waals surface area contributed by atoms with Crippen molar-refractivity contribution in [3.05, 3.63) is 64.4 Å². The second-order valence-electron chi connectivity index (χ2n) is 4.40. The molecule has 19 heavy (non-hydrogen) atoms. The molecule has 0 amide bonds. The van der Waals surface area contributed by atoms with E-state index in [0.29, 0.717) is 10.8 Å². The van der Waals surface area contributed by atoms with Crippen LogP contribution in [0.3, 0.4) is 0 Å². The summed E-state index contributed by atoms with van der Waals surface area (Å²) >= 11 is 6.12. The Kier molecular flexibility index (Phi) is 4.40. The van der Waals surface area contributed by atoms with Gasteiger partial charge in [0.25, 0.3) is 0 Å². The molecular weight excluding hydrogens is 265 g/mol. The minimum absolute atomic E-state index is 0.0743. The van der Waals surface area contributed by atoms with Gasteiger partial charge in [-0.15, -0.1) is 0 Å². The van der Waals surface area contributed by atoms with Crippen molar-refractivity contribution in [2.75, 3.05) is 0 Å². The lowest BCUT2D eigenvalue weighted by Crippen LogP contribution is -2.05. The molecule has 0 aromatic heterocycles. The van der Waals surface area contributed by atoms with Gasteiger partial charge in [-0.05, 0) is 42.3 Å².